The molecule has 0 spiro atoms. The number of thiophene rings is 1. The van der Waals surface area contributed by atoms with E-state index in [1.807, 2.05) is 24.0 Å². The molecule has 0 saturated carbocycles. The number of hydrogen-bond acceptors (Lipinski definition) is 4. The highest BCUT2D eigenvalue weighted by atomic mass is 32.1. The Balaban J connectivity index is 1.99. The molecule has 0 aliphatic carbocycles. The molecule has 1 aliphatic heterocycles. The van der Waals surface area contributed by atoms with Gasteiger partial charge in [0.1, 0.15) is 9.71 Å². The smallest absolute Gasteiger partial charge is 0.266 e. The normalized spacial score (nSPS) is 19.7. The van der Waals surface area contributed by atoms with Crippen molar-refractivity contribution < 1.29 is 4.79 Å². The van der Waals surface area contributed by atoms with Gasteiger partial charge in [-0.25, -0.2) is 4.98 Å². The Morgan fingerprint density at radius 2 is 2.19 bits per heavy atom. The number of hydrogen-bond donors (Lipinski definition) is 1. The molecule has 1 saturated heterocycles. The lowest BCUT2D eigenvalue weighted by Crippen LogP contribution is -2.38. The first kappa shape index (κ1) is 14.3. The SMILES string of the molecule is Cc1ccc2c(N)c(C(=O)N3CCCCCC3C)sc2n1. The van der Waals surface area contributed by atoms with E-state index in [9.17, 15) is 4.79 Å². The van der Waals surface area contributed by atoms with Crippen molar-refractivity contribution in [1.29, 1.82) is 0 Å². The third-order valence-electron chi connectivity index (χ3n) is 4.24. The van der Waals surface area contributed by atoms with Crippen molar-refractivity contribution in [2.75, 3.05) is 12.3 Å². The molecule has 1 fully saturated rings. The van der Waals surface area contributed by atoms with Crippen molar-refractivity contribution >= 4 is 33.1 Å². The van der Waals surface area contributed by atoms with Crippen LogP contribution < -0.4 is 5.73 Å². The molecule has 3 heterocycles. The summed E-state index contributed by atoms with van der Waals surface area (Å²) in [4.78, 5) is 20.9. The second-order valence-electron chi connectivity index (χ2n) is 5.85. The molecule has 112 valence electrons. The number of amides is 1. The summed E-state index contributed by atoms with van der Waals surface area (Å²) < 4.78 is 0. The van der Waals surface area contributed by atoms with Gasteiger partial charge in [-0.3, -0.25) is 4.79 Å². The minimum atomic E-state index is 0.0718. The topological polar surface area (TPSA) is 59.2 Å². The first-order chi connectivity index (χ1) is 10.1. The molecule has 0 bridgehead atoms. The summed E-state index contributed by atoms with van der Waals surface area (Å²) in [5.41, 5.74) is 7.74. The molecule has 3 rings (SSSR count). The highest BCUT2D eigenvalue weighted by Gasteiger charge is 2.27. The van der Waals surface area contributed by atoms with E-state index < -0.39 is 0 Å². The largest absolute Gasteiger partial charge is 0.397 e. The summed E-state index contributed by atoms with van der Waals surface area (Å²) in [6, 6.07) is 4.19. The van der Waals surface area contributed by atoms with Gasteiger partial charge in [0, 0.05) is 23.7 Å². The summed E-state index contributed by atoms with van der Waals surface area (Å²) in [5.74, 6) is 0.0718. The maximum absolute atomic E-state index is 12.9. The third kappa shape index (κ3) is 2.62. The van der Waals surface area contributed by atoms with E-state index in [0.717, 1.165) is 35.3 Å². The number of nitrogen functional groups attached to an aromatic ring is 1. The van der Waals surface area contributed by atoms with Crippen LogP contribution in [0.4, 0.5) is 5.69 Å². The molecule has 1 aliphatic rings. The van der Waals surface area contributed by atoms with E-state index >= 15 is 0 Å². The number of nitrogens with two attached hydrogens (primary N) is 1. The molecule has 5 heteroatoms. The number of carbonyl (C=O) groups is 1. The Kier molecular flexibility index (Phi) is 3.85. The monoisotopic (exact) mass is 303 g/mol. The number of rotatable bonds is 1. The summed E-state index contributed by atoms with van der Waals surface area (Å²) >= 11 is 1.42. The van der Waals surface area contributed by atoms with Crippen molar-refractivity contribution in [3.8, 4) is 0 Å². The zero-order valence-electron chi connectivity index (χ0n) is 12.6. The number of likely N-dealkylation sites (tertiary alicyclic amines) is 1. The van der Waals surface area contributed by atoms with Crippen molar-refractivity contribution in [2.24, 2.45) is 0 Å². The van der Waals surface area contributed by atoms with Gasteiger partial charge in [-0.05, 0) is 38.8 Å². The second-order valence-corrected chi connectivity index (χ2v) is 6.85. The highest BCUT2D eigenvalue weighted by Crippen LogP contribution is 2.34. The number of nitrogens with zero attached hydrogens (tertiary/aromatic N) is 2. The quantitative estimate of drug-likeness (QED) is 0.875. The molecule has 2 aromatic heterocycles. The summed E-state index contributed by atoms with van der Waals surface area (Å²) in [7, 11) is 0. The minimum Gasteiger partial charge on any atom is -0.397 e. The molecule has 2 N–H and O–H groups in total. The second kappa shape index (κ2) is 5.64. The minimum absolute atomic E-state index is 0.0718. The lowest BCUT2D eigenvalue weighted by molar-refractivity contribution is 0.0704. The van der Waals surface area contributed by atoms with Crippen molar-refractivity contribution in [3.63, 3.8) is 0 Å². The van der Waals surface area contributed by atoms with Crippen LogP contribution in [0.15, 0.2) is 12.1 Å². The first-order valence-electron chi connectivity index (χ1n) is 7.54. The van der Waals surface area contributed by atoms with Gasteiger partial charge in [-0.1, -0.05) is 12.8 Å². The zero-order chi connectivity index (χ0) is 15.0. The summed E-state index contributed by atoms with van der Waals surface area (Å²) in [6.07, 6.45) is 4.57. The van der Waals surface area contributed by atoms with E-state index in [-0.39, 0.29) is 5.91 Å². The van der Waals surface area contributed by atoms with Gasteiger partial charge in [0.2, 0.25) is 0 Å². The van der Waals surface area contributed by atoms with Crippen LogP contribution in [0.25, 0.3) is 10.2 Å². The fourth-order valence-corrected chi connectivity index (χ4v) is 4.05. The van der Waals surface area contributed by atoms with Crippen LogP contribution in [0.2, 0.25) is 0 Å². The van der Waals surface area contributed by atoms with Gasteiger partial charge in [0.05, 0.1) is 5.69 Å². The summed E-state index contributed by atoms with van der Waals surface area (Å²) in [6.45, 7) is 4.92. The lowest BCUT2D eigenvalue weighted by Gasteiger charge is -2.26. The molecular formula is C16H21N3OS. The zero-order valence-corrected chi connectivity index (χ0v) is 13.4. The van der Waals surface area contributed by atoms with Crippen LogP contribution in [0.5, 0.6) is 0 Å². The number of pyridine rings is 1. The van der Waals surface area contributed by atoms with Crippen LogP contribution in [-0.2, 0) is 0 Å². The third-order valence-corrected chi connectivity index (χ3v) is 5.34. The molecule has 0 radical (unpaired) electrons. The van der Waals surface area contributed by atoms with Gasteiger partial charge in [-0.2, -0.15) is 0 Å². The van der Waals surface area contributed by atoms with Crippen molar-refractivity contribution in [1.82, 2.24) is 9.88 Å². The predicted molar refractivity (Wildman–Crippen MR) is 87.7 cm³/mol. The standard InChI is InChI=1S/C16H21N3OS/c1-10-7-8-12-13(17)14(21-15(12)18-10)16(20)19-9-5-3-4-6-11(19)2/h7-8,11H,3-6,9,17H2,1-2H3. The van der Waals surface area contributed by atoms with E-state index in [0.29, 0.717) is 16.6 Å². The molecule has 21 heavy (non-hydrogen) atoms. The van der Waals surface area contributed by atoms with Crippen LogP contribution in [-0.4, -0.2) is 28.4 Å². The fraction of sp³-hybridized carbons (Fsp3) is 0.500. The average molecular weight is 303 g/mol. The van der Waals surface area contributed by atoms with Gasteiger partial charge in [-0.15, -0.1) is 11.3 Å². The maximum atomic E-state index is 12.9. The Morgan fingerprint density at radius 1 is 1.38 bits per heavy atom. The van der Waals surface area contributed by atoms with Gasteiger partial charge < -0.3 is 10.6 Å². The molecule has 4 nitrogen and oxygen atoms in total. The molecule has 2 aromatic rings. The van der Waals surface area contributed by atoms with Gasteiger partial charge in [0.15, 0.2) is 0 Å². The maximum Gasteiger partial charge on any atom is 0.266 e. The van der Waals surface area contributed by atoms with Crippen molar-refractivity contribution in [3.05, 3.63) is 22.7 Å². The van der Waals surface area contributed by atoms with Crippen LogP contribution in [0.1, 0.15) is 48.0 Å². The molecule has 1 unspecified atom stereocenters. The fourth-order valence-electron chi connectivity index (χ4n) is 2.96. The average Bonchev–Trinajstić information content (AvgIpc) is 2.63. The van der Waals surface area contributed by atoms with Crippen molar-refractivity contribution in [2.45, 2.75) is 45.6 Å². The molecule has 1 atom stereocenters. The van der Waals surface area contributed by atoms with E-state index in [1.165, 1.54) is 24.2 Å². The molecule has 1 amide bonds. The lowest BCUT2D eigenvalue weighted by atomic mass is 10.1. The van der Waals surface area contributed by atoms with Crippen LogP contribution in [0, 0.1) is 6.92 Å². The van der Waals surface area contributed by atoms with E-state index in [1.54, 1.807) is 0 Å². The van der Waals surface area contributed by atoms with Crippen LogP contribution >= 0.6 is 11.3 Å². The summed E-state index contributed by atoms with van der Waals surface area (Å²) in [5, 5.41) is 0.899. The molecule has 0 aromatic carbocycles. The van der Waals surface area contributed by atoms with Crippen LogP contribution in [0.3, 0.4) is 0 Å². The number of carbonyl (C=O) groups excluding carboxylic acids is 1. The Labute approximate surface area is 129 Å². The Hall–Kier alpha value is -1.62. The van der Waals surface area contributed by atoms with E-state index in [4.69, 9.17) is 5.73 Å². The number of aryl methyl sites for hydroxylation is 1. The first-order valence-corrected chi connectivity index (χ1v) is 8.36. The highest BCUT2D eigenvalue weighted by molar-refractivity contribution is 7.21. The van der Waals surface area contributed by atoms with Gasteiger partial charge in [0.25, 0.3) is 5.91 Å². The number of aromatic nitrogens is 1. The predicted octanol–water partition coefficient (Wildman–Crippen LogP) is 3.59. The molecular weight excluding hydrogens is 282 g/mol. The van der Waals surface area contributed by atoms with Gasteiger partial charge >= 0.3 is 0 Å². The number of fused-ring (bicyclic) bond motifs is 1. The number of anilines is 1. The Morgan fingerprint density at radius 3 is 3.00 bits per heavy atom. The van der Waals surface area contributed by atoms with E-state index in [2.05, 4.69) is 11.9 Å². The Bertz CT molecular complexity index is 679.